The van der Waals surface area contributed by atoms with E-state index in [0.717, 1.165) is 17.7 Å². The summed E-state index contributed by atoms with van der Waals surface area (Å²) < 4.78 is 21.2. The molecule has 3 aromatic rings. The summed E-state index contributed by atoms with van der Waals surface area (Å²) in [6.45, 7) is 4.17. The number of oxazole rings is 1. The minimum Gasteiger partial charge on any atom is -0.444 e. The van der Waals surface area contributed by atoms with Gasteiger partial charge >= 0.3 is 0 Å². The first-order valence-corrected chi connectivity index (χ1v) is 7.30. The number of nitrogens with zero attached hydrogens (tertiary/aromatic N) is 3. The van der Waals surface area contributed by atoms with Crippen LogP contribution in [0.3, 0.4) is 0 Å². The quantitative estimate of drug-likeness (QED) is 0.688. The van der Waals surface area contributed by atoms with E-state index in [1.54, 1.807) is 19.2 Å². The smallest absolute Gasteiger partial charge is 0.214 e. The molecule has 0 bridgehead atoms. The van der Waals surface area contributed by atoms with Gasteiger partial charge in [0.15, 0.2) is 0 Å². The summed E-state index contributed by atoms with van der Waals surface area (Å²) in [6, 6.07) is 3.21. The van der Waals surface area contributed by atoms with Crippen molar-refractivity contribution in [2.75, 3.05) is 0 Å². The Morgan fingerprint density at radius 3 is 2.86 bits per heavy atom. The van der Waals surface area contributed by atoms with Crippen LogP contribution in [0.2, 0.25) is 0 Å². The third kappa shape index (κ3) is 2.53. The Hall–Kier alpha value is -1.88. The van der Waals surface area contributed by atoms with Gasteiger partial charge in [0, 0.05) is 12.5 Å². The number of imidazole rings is 1. The number of fused-ring (bicyclic) bond motifs is 1. The molecule has 21 heavy (non-hydrogen) atoms. The highest BCUT2D eigenvalue weighted by atomic mass is 35.5. The van der Waals surface area contributed by atoms with Crippen LogP contribution >= 0.6 is 11.6 Å². The molecule has 2 heterocycles. The fraction of sp³-hybridized carbons (Fsp3) is 0.333. The second-order valence-corrected chi connectivity index (χ2v) is 5.18. The topological polar surface area (TPSA) is 43.9 Å². The van der Waals surface area contributed by atoms with Crippen molar-refractivity contribution in [3.05, 3.63) is 47.2 Å². The molecule has 0 amide bonds. The van der Waals surface area contributed by atoms with Crippen LogP contribution in [-0.4, -0.2) is 14.5 Å². The van der Waals surface area contributed by atoms with Gasteiger partial charge in [0.1, 0.15) is 23.9 Å². The minimum atomic E-state index is -0.266. The number of aryl methyl sites for hydroxylation is 2. The van der Waals surface area contributed by atoms with Crippen LogP contribution in [-0.2, 0) is 18.8 Å². The molecule has 4 nitrogen and oxygen atoms in total. The van der Waals surface area contributed by atoms with Gasteiger partial charge in [0.2, 0.25) is 5.89 Å². The SMILES string of the molecule is CCc1cnc(Cn2c(CCl)nc3cc(F)c(C)cc32)o1. The maximum atomic E-state index is 13.7. The second-order valence-electron chi connectivity index (χ2n) is 4.91. The average molecular weight is 308 g/mol. The normalized spacial score (nSPS) is 11.4. The molecule has 0 unspecified atom stereocenters. The first-order chi connectivity index (χ1) is 10.1. The Labute approximate surface area is 126 Å². The van der Waals surface area contributed by atoms with E-state index in [0.29, 0.717) is 29.3 Å². The number of hydrogen-bond acceptors (Lipinski definition) is 3. The summed E-state index contributed by atoms with van der Waals surface area (Å²) in [7, 11) is 0. The summed E-state index contributed by atoms with van der Waals surface area (Å²) in [5.74, 6) is 2.09. The zero-order valence-electron chi connectivity index (χ0n) is 11.9. The second kappa shape index (κ2) is 5.48. The van der Waals surface area contributed by atoms with Crippen molar-refractivity contribution in [1.82, 2.24) is 14.5 Å². The van der Waals surface area contributed by atoms with E-state index in [1.807, 2.05) is 11.5 Å². The zero-order chi connectivity index (χ0) is 15.0. The first kappa shape index (κ1) is 14.1. The fourth-order valence-corrected chi connectivity index (χ4v) is 2.50. The third-order valence-corrected chi connectivity index (χ3v) is 3.71. The third-order valence-electron chi connectivity index (χ3n) is 3.47. The number of benzene rings is 1. The summed E-state index contributed by atoms with van der Waals surface area (Å²) in [5, 5.41) is 0. The molecular formula is C15H15ClFN3O. The van der Waals surface area contributed by atoms with Crippen LogP contribution in [0, 0.1) is 12.7 Å². The number of alkyl halides is 1. The minimum absolute atomic E-state index is 0.247. The van der Waals surface area contributed by atoms with E-state index in [-0.39, 0.29) is 11.7 Å². The molecule has 0 aliphatic carbocycles. The predicted octanol–water partition coefficient (Wildman–Crippen LogP) is 3.82. The lowest BCUT2D eigenvalue weighted by molar-refractivity contribution is 0.446. The molecule has 0 radical (unpaired) electrons. The van der Waals surface area contributed by atoms with Crippen molar-refractivity contribution in [1.29, 1.82) is 0 Å². The molecule has 110 valence electrons. The summed E-state index contributed by atoms with van der Waals surface area (Å²) in [4.78, 5) is 8.63. The van der Waals surface area contributed by atoms with E-state index in [9.17, 15) is 4.39 Å². The van der Waals surface area contributed by atoms with Crippen LogP contribution < -0.4 is 0 Å². The Morgan fingerprint density at radius 1 is 1.38 bits per heavy atom. The molecule has 0 aliphatic rings. The van der Waals surface area contributed by atoms with Gasteiger partial charge in [-0.25, -0.2) is 14.4 Å². The van der Waals surface area contributed by atoms with Crippen molar-refractivity contribution in [2.24, 2.45) is 0 Å². The van der Waals surface area contributed by atoms with Crippen LogP contribution in [0.5, 0.6) is 0 Å². The maximum Gasteiger partial charge on any atom is 0.214 e. The predicted molar refractivity (Wildman–Crippen MR) is 79.0 cm³/mol. The van der Waals surface area contributed by atoms with Crippen LogP contribution in [0.15, 0.2) is 22.7 Å². The Kier molecular flexibility index (Phi) is 3.68. The number of aromatic nitrogens is 3. The Balaban J connectivity index is 2.09. The molecular weight excluding hydrogens is 293 g/mol. The van der Waals surface area contributed by atoms with Crippen molar-refractivity contribution in [3.63, 3.8) is 0 Å². The Bertz CT molecular complexity index is 794. The van der Waals surface area contributed by atoms with Gasteiger partial charge in [-0.05, 0) is 18.6 Å². The van der Waals surface area contributed by atoms with E-state index < -0.39 is 0 Å². The van der Waals surface area contributed by atoms with Crippen molar-refractivity contribution >= 4 is 22.6 Å². The van der Waals surface area contributed by atoms with Gasteiger partial charge in [-0.2, -0.15) is 0 Å². The van der Waals surface area contributed by atoms with Crippen molar-refractivity contribution in [3.8, 4) is 0 Å². The molecule has 0 N–H and O–H groups in total. The lowest BCUT2D eigenvalue weighted by Gasteiger charge is -2.05. The van der Waals surface area contributed by atoms with Crippen LogP contribution in [0.4, 0.5) is 4.39 Å². The van der Waals surface area contributed by atoms with Crippen LogP contribution in [0.1, 0.15) is 30.0 Å². The molecule has 0 fully saturated rings. The molecule has 1 aromatic carbocycles. The molecule has 0 saturated carbocycles. The Morgan fingerprint density at radius 2 is 2.19 bits per heavy atom. The summed E-state index contributed by atoms with van der Waals surface area (Å²) in [6.07, 6.45) is 2.52. The first-order valence-electron chi connectivity index (χ1n) is 6.77. The van der Waals surface area contributed by atoms with Gasteiger partial charge in [-0.15, -0.1) is 11.6 Å². The molecule has 6 heteroatoms. The standard InChI is InChI=1S/C15H15ClFN3O/c1-3-10-7-18-15(21-10)8-20-13-4-9(2)11(17)5-12(13)19-14(20)6-16/h4-5,7H,3,6,8H2,1-2H3. The number of hydrogen-bond donors (Lipinski definition) is 0. The summed E-state index contributed by atoms with van der Waals surface area (Å²) >= 11 is 5.95. The van der Waals surface area contributed by atoms with E-state index >= 15 is 0 Å². The van der Waals surface area contributed by atoms with Crippen molar-refractivity contribution in [2.45, 2.75) is 32.7 Å². The van der Waals surface area contributed by atoms with Gasteiger partial charge in [0.05, 0.1) is 23.1 Å². The molecule has 0 spiro atoms. The highest BCUT2D eigenvalue weighted by Gasteiger charge is 2.14. The highest BCUT2D eigenvalue weighted by molar-refractivity contribution is 6.16. The monoisotopic (exact) mass is 307 g/mol. The van der Waals surface area contributed by atoms with Crippen LogP contribution in [0.25, 0.3) is 11.0 Å². The van der Waals surface area contributed by atoms with Gasteiger partial charge in [-0.3, -0.25) is 0 Å². The molecule has 0 saturated heterocycles. The molecule has 3 rings (SSSR count). The van der Waals surface area contributed by atoms with Gasteiger partial charge < -0.3 is 8.98 Å². The molecule has 2 aromatic heterocycles. The number of rotatable bonds is 4. The van der Waals surface area contributed by atoms with Gasteiger partial charge in [-0.1, -0.05) is 6.92 Å². The van der Waals surface area contributed by atoms with Crippen molar-refractivity contribution < 1.29 is 8.81 Å². The van der Waals surface area contributed by atoms with E-state index in [1.165, 1.54) is 6.07 Å². The fourth-order valence-electron chi connectivity index (χ4n) is 2.30. The maximum absolute atomic E-state index is 13.7. The lowest BCUT2D eigenvalue weighted by atomic mass is 10.2. The van der Waals surface area contributed by atoms with Gasteiger partial charge in [0.25, 0.3) is 0 Å². The largest absolute Gasteiger partial charge is 0.444 e. The van der Waals surface area contributed by atoms with E-state index in [4.69, 9.17) is 16.0 Å². The highest BCUT2D eigenvalue weighted by Crippen LogP contribution is 2.22. The van der Waals surface area contributed by atoms with E-state index in [2.05, 4.69) is 9.97 Å². The lowest BCUT2D eigenvalue weighted by Crippen LogP contribution is -2.04. The number of halogens is 2. The molecule has 0 atom stereocenters. The average Bonchev–Trinajstić information content (AvgIpc) is 3.05. The zero-order valence-corrected chi connectivity index (χ0v) is 12.6. The summed E-state index contributed by atoms with van der Waals surface area (Å²) in [5.41, 5.74) is 2.00. The molecule has 0 aliphatic heterocycles.